The summed E-state index contributed by atoms with van der Waals surface area (Å²) in [6, 6.07) is 70.0. The highest BCUT2D eigenvalue weighted by atomic mass is 16.3. The molecule has 6 heteroatoms. The SMILES string of the molecule is c1ccc2cc(C3=NC(c4cc(-c5ccc(-c6ccc7oc8ccccc8c7c6)c6oc7ccccc7c56)c5ccccc5c4)=NC(c4ccc5oc6ccccc6c5c4)N3)ccc2c1. The molecule has 14 rings (SSSR count). The van der Waals surface area contributed by atoms with Gasteiger partial charge in [0.05, 0.1) is 0 Å². The van der Waals surface area contributed by atoms with E-state index >= 15 is 0 Å². The first-order chi connectivity index (χ1) is 32.2. The maximum atomic E-state index is 6.86. The number of nitrogens with zero attached hydrogens (tertiary/aromatic N) is 2. The Kier molecular flexibility index (Phi) is 7.65. The van der Waals surface area contributed by atoms with Crippen LogP contribution in [-0.2, 0) is 0 Å². The number of aliphatic imine (C=N–C) groups is 2. The smallest absolute Gasteiger partial charge is 0.159 e. The number of furan rings is 3. The van der Waals surface area contributed by atoms with Crippen LogP contribution < -0.4 is 5.32 Å². The third-order valence-electron chi connectivity index (χ3n) is 13.1. The molecule has 0 spiro atoms. The second-order valence-electron chi connectivity index (χ2n) is 16.9. The molecule has 1 aliphatic rings. The lowest BCUT2D eigenvalue weighted by Gasteiger charge is -2.24. The van der Waals surface area contributed by atoms with Gasteiger partial charge in [-0.1, -0.05) is 133 Å². The maximum absolute atomic E-state index is 6.86. The van der Waals surface area contributed by atoms with Gasteiger partial charge < -0.3 is 18.6 Å². The van der Waals surface area contributed by atoms with Crippen LogP contribution in [0, 0.1) is 0 Å². The molecule has 0 aliphatic carbocycles. The van der Waals surface area contributed by atoms with Crippen molar-refractivity contribution < 1.29 is 13.3 Å². The van der Waals surface area contributed by atoms with E-state index in [1.54, 1.807) is 0 Å². The molecule has 304 valence electrons. The highest BCUT2D eigenvalue weighted by Crippen LogP contribution is 2.45. The van der Waals surface area contributed by atoms with Gasteiger partial charge in [0.2, 0.25) is 0 Å². The predicted octanol–water partition coefficient (Wildman–Crippen LogP) is 15.5. The lowest BCUT2D eigenvalue weighted by atomic mass is 9.90. The Morgan fingerprint density at radius 1 is 0.369 bits per heavy atom. The summed E-state index contributed by atoms with van der Waals surface area (Å²) in [7, 11) is 0. The van der Waals surface area contributed by atoms with Gasteiger partial charge in [0.25, 0.3) is 0 Å². The molecule has 0 fully saturated rings. The number of hydrogen-bond donors (Lipinski definition) is 1. The zero-order valence-electron chi connectivity index (χ0n) is 34.7. The molecule has 0 bridgehead atoms. The summed E-state index contributed by atoms with van der Waals surface area (Å²) in [4.78, 5) is 10.8. The largest absolute Gasteiger partial charge is 0.456 e. The Balaban J connectivity index is 0.976. The van der Waals surface area contributed by atoms with Crippen molar-refractivity contribution in [3.8, 4) is 22.3 Å². The van der Waals surface area contributed by atoms with Crippen LogP contribution >= 0.6 is 0 Å². The first kappa shape index (κ1) is 35.8. The molecule has 6 nitrogen and oxygen atoms in total. The number of hydrogen-bond acceptors (Lipinski definition) is 6. The fourth-order valence-corrected chi connectivity index (χ4v) is 9.98. The van der Waals surface area contributed by atoms with Crippen molar-refractivity contribution in [2.24, 2.45) is 9.98 Å². The predicted molar refractivity (Wildman–Crippen MR) is 266 cm³/mol. The zero-order chi connectivity index (χ0) is 42.6. The lowest BCUT2D eigenvalue weighted by molar-refractivity contribution is 0.663. The highest BCUT2D eigenvalue weighted by molar-refractivity contribution is 6.21. The Morgan fingerprint density at radius 2 is 0.954 bits per heavy atom. The molecule has 13 aromatic rings. The molecule has 10 aromatic carbocycles. The van der Waals surface area contributed by atoms with Crippen LogP contribution in [0.15, 0.2) is 223 Å². The highest BCUT2D eigenvalue weighted by Gasteiger charge is 2.25. The summed E-state index contributed by atoms with van der Waals surface area (Å²) in [5, 5.41) is 14.7. The number of amidine groups is 2. The standard InChI is InChI=1S/C59H35N3O3/c1-2-12-35-29-38(22-21-34(35)11-1)57-60-58(39-24-28-54-49(32-39)44-16-6-9-19-51(44)64-54)62-59(61-57)40-30-36-13-3-4-14-41(36)47(33-40)45-26-25-42(56-55(45)46-17-7-10-20-52(46)65-56)37-23-27-53-48(31-37)43-15-5-8-18-50(43)63-53/h1-33,58H,(H,60,61,62). The monoisotopic (exact) mass is 833 g/mol. The van der Waals surface area contributed by atoms with Gasteiger partial charge in [0.15, 0.2) is 5.84 Å². The van der Waals surface area contributed by atoms with Gasteiger partial charge in [-0.15, -0.1) is 0 Å². The van der Waals surface area contributed by atoms with Crippen molar-refractivity contribution in [3.05, 3.63) is 217 Å². The van der Waals surface area contributed by atoms with Crippen LogP contribution in [0.25, 0.3) is 110 Å². The number of nitrogens with one attached hydrogen (secondary N) is 1. The number of benzene rings is 10. The van der Waals surface area contributed by atoms with E-state index in [4.69, 9.17) is 23.2 Å². The molecular weight excluding hydrogens is 799 g/mol. The molecule has 1 aliphatic heterocycles. The van der Waals surface area contributed by atoms with E-state index in [1.165, 1.54) is 5.39 Å². The second-order valence-corrected chi connectivity index (χ2v) is 16.9. The van der Waals surface area contributed by atoms with Gasteiger partial charge in [-0.25, -0.2) is 9.98 Å². The summed E-state index contributed by atoms with van der Waals surface area (Å²) in [5.74, 6) is 1.40. The quantitative estimate of drug-likeness (QED) is 0.187. The van der Waals surface area contributed by atoms with Gasteiger partial charge >= 0.3 is 0 Å². The summed E-state index contributed by atoms with van der Waals surface area (Å²) in [6.07, 6.45) is -0.426. The molecule has 0 amide bonds. The Bertz CT molecular complexity index is 4180. The Hall–Kier alpha value is -8.74. The average Bonchev–Trinajstić information content (AvgIpc) is 4.07. The van der Waals surface area contributed by atoms with Crippen LogP contribution in [-0.4, -0.2) is 11.7 Å². The molecule has 1 unspecified atom stereocenters. The van der Waals surface area contributed by atoms with Gasteiger partial charge in [-0.05, 0) is 111 Å². The maximum Gasteiger partial charge on any atom is 0.159 e. The van der Waals surface area contributed by atoms with Crippen LogP contribution in [0.4, 0.5) is 0 Å². The fourth-order valence-electron chi connectivity index (χ4n) is 9.98. The van der Waals surface area contributed by atoms with Crippen LogP contribution in [0.2, 0.25) is 0 Å². The van der Waals surface area contributed by atoms with Gasteiger partial charge in [-0.2, -0.15) is 0 Å². The fraction of sp³-hybridized carbons (Fsp3) is 0.0169. The summed E-state index contributed by atoms with van der Waals surface area (Å²) in [6.45, 7) is 0. The van der Waals surface area contributed by atoms with E-state index in [0.29, 0.717) is 5.84 Å². The number of fused-ring (bicyclic) bond motifs is 11. The van der Waals surface area contributed by atoms with Crippen molar-refractivity contribution in [1.29, 1.82) is 0 Å². The van der Waals surface area contributed by atoms with Crippen molar-refractivity contribution >= 4 is 99.0 Å². The van der Waals surface area contributed by atoms with E-state index in [2.05, 4.69) is 175 Å². The summed E-state index contributed by atoms with van der Waals surface area (Å²) >= 11 is 0. The minimum absolute atomic E-state index is 0.426. The first-order valence-electron chi connectivity index (χ1n) is 21.9. The van der Waals surface area contributed by atoms with E-state index in [0.717, 1.165) is 127 Å². The van der Waals surface area contributed by atoms with E-state index in [1.807, 2.05) is 30.3 Å². The Labute approximate surface area is 371 Å². The van der Waals surface area contributed by atoms with E-state index in [-0.39, 0.29) is 0 Å². The molecule has 3 aromatic heterocycles. The third-order valence-corrected chi connectivity index (χ3v) is 13.1. The van der Waals surface area contributed by atoms with Crippen molar-refractivity contribution in [1.82, 2.24) is 5.32 Å². The molecule has 0 radical (unpaired) electrons. The topological polar surface area (TPSA) is 76.2 Å². The summed E-state index contributed by atoms with van der Waals surface area (Å²) < 4.78 is 19.3. The molecule has 65 heavy (non-hydrogen) atoms. The number of para-hydroxylation sites is 3. The molecular formula is C59H35N3O3. The van der Waals surface area contributed by atoms with Crippen molar-refractivity contribution in [2.75, 3.05) is 0 Å². The van der Waals surface area contributed by atoms with Gasteiger partial charge in [0, 0.05) is 49.0 Å². The van der Waals surface area contributed by atoms with E-state index in [9.17, 15) is 0 Å². The molecule has 0 saturated carbocycles. The van der Waals surface area contributed by atoms with Crippen molar-refractivity contribution in [3.63, 3.8) is 0 Å². The minimum atomic E-state index is -0.426. The second kappa shape index (κ2) is 13.9. The zero-order valence-corrected chi connectivity index (χ0v) is 34.7. The van der Waals surface area contributed by atoms with Crippen LogP contribution in [0.5, 0.6) is 0 Å². The molecule has 1 atom stereocenters. The first-order valence-corrected chi connectivity index (χ1v) is 21.9. The summed E-state index contributed by atoms with van der Waals surface area (Å²) in [5.41, 5.74) is 12.3. The normalized spacial score (nSPS) is 14.3. The van der Waals surface area contributed by atoms with Gasteiger partial charge in [-0.3, -0.25) is 0 Å². The molecule has 4 heterocycles. The molecule has 1 N–H and O–H groups in total. The van der Waals surface area contributed by atoms with Gasteiger partial charge in [0.1, 0.15) is 45.5 Å². The minimum Gasteiger partial charge on any atom is -0.456 e. The van der Waals surface area contributed by atoms with Crippen molar-refractivity contribution in [2.45, 2.75) is 6.17 Å². The van der Waals surface area contributed by atoms with E-state index < -0.39 is 6.17 Å². The lowest BCUT2D eigenvalue weighted by Crippen LogP contribution is -2.33. The average molecular weight is 834 g/mol. The number of rotatable bonds is 5. The Morgan fingerprint density at radius 3 is 1.74 bits per heavy atom. The van der Waals surface area contributed by atoms with Crippen LogP contribution in [0.3, 0.4) is 0 Å². The third kappa shape index (κ3) is 5.67. The molecule has 0 saturated heterocycles. The van der Waals surface area contributed by atoms with Crippen LogP contribution in [0.1, 0.15) is 22.9 Å².